The summed E-state index contributed by atoms with van der Waals surface area (Å²) in [6, 6.07) is 7.37. The Balaban J connectivity index is 2.28. The zero-order chi connectivity index (χ0) is 13.1. The zero-order valence-electron chi connectivity index (χ0n) is 9.58. The average molecular weight is 370 g/mol. The minimum absolute atomic E-state index is 0.138. The summed E-state index contributed by atoms with van der Waals surface area (Å²) in [5.74, 6) is -0.138. The Morgan fingerprint density at radius 1 is 1.28 bits per heavy atom. The molecule has 3 nitrogen and oxygen atoms in total. The molecule has 0 atom stereocenters. The van der Waals surface area contributed by atoms with Gasteiger partial charge in [0.25, 0.3) is 5.91 Å². The molecule has 2 aromatic rings. The van der Waals surface area contributed by atoms with Gasteiger partial charge in [-0.1, -0.05) is 22.0 Å². The van der Waals surface area contributed by atoms with Gasteiger partial charge < -0.3 is 5.32 Å². The quantitative estimate of drug-likeness (QED) is 0.863. The molecule has 1 aromatic carbocycles. The molecule has 0 bridgehead atoms. The number of nitrogens with one attached hydrogen (secondary N) is 1. The maximum atomic E-state index is 12.2. The smallest absolute Gasteiger partial charge is 0.256 e. The van der Waals surface area contributed by atoms with Crippen molar-refractivity contribution >= 4 is 43.5 Å². The van der Waals surface area contributed by atoms with Crippen LogP contribution >= 0.6 is 31.9 Å². The molecule has 5 heteroatoms. The number of aryl methyl sites for hydroxylation is 1. The minimum Gasteiger partial charge on any atom is -0.321 e. The van der Waals surface area contributed by atoms with Crippen molar-refractivity contribution in [1.29, 1.82) is 0 Å². The van der Waals surface area contributed by atoms with E-state index in [2.05, 4.69) is 42.2 Å². The van der Waals surface area contributed by atoms with Crippen LogP contribution in [-0.4, -0.2) is 10.9 Å². The molecule has 0 unspecified atom stereocenters. The molecule has 1 heterocycles. The molecule has 92 valence electrons. The number of anilines is 1. The molecule has 0 aliphatic rings. The number of nitrogens with zero attached hydrogens (tertiary/aromatic N) is 1. The van der Waals surface area contributed by atoms with Gasteiger partial charge in [-0.25, -0.2) is 0 Å². The zero-order valence-corrected chi connectivity index (χ0v) is 12.7. The molecular formula is C13H10Br2N2O. The number of pyridine rings is 1. The molecule has 2 rings (SSSR count). The second-order valence-corrected chi connectivity index (χ2v) is 5.54. The Morgan fingerprint density at radius 3 is 2.78 bits per heavy atom. The summed E-state index contributed by atoms with van der Waals surface area (Å²) in [6.07, 6.45) is 3.28. The SMILES string of the molecule is Cc1ccc(Br)cc1C(=O)Nc1ccncc1Br. The Bertz CT molecular complexity index is 599. The molecule has 0 aliphatic carbocycles. The van der Waals surface area contributed by atoms with Gasteiger partial charge in [0.05, 0.1) is 10.2 Å². The Hall–Kier alpha value is -1.20. The van der Waals surface area contributed by atoms with Crippen molar-refractivity contribution in [2.75, 3.05) is 5.32 Å². The number of aromatic nitrogens is 1. The van der Waals surface area contributed by atoms with Crippen LogP contribution in [0.15, 0.2) is 45.6 Å². The second kappa shape index (κ2) is 5.63. The first kappa shape index (κ1) is 13.2. The maximum absolute atomic E-state index is 12.2. The van der Waals surface area contributed by atoms with E-state index in [1.165, 1.54) is 0 Å². The summed E-state index contributed by atoms with van der Waals surface area (Å²) >= 11 is 6.71. The highest BCUT2D eigenvalue weighted by atomic mass is 79.9. The van der Waals surface area contributed by atoms with Crippen molar-refractivity contribution < 1.29 is 4.79 Å². The third-order valence-corrected chi connectivity index (χ3v) is 3.59. The molecule has 0 saturated carbocycles. The van der Waals surface area contributed by atoms with Crippen LogP contribution in [0.4, 0.5) is 5.69 Å². The summed E-state index contributed by atoms with van der Waals surface area (Å²) in [7, 11) is 0. The predicted octanol–water partition coefficient (Wildman–Crippen LogP) is 4.17. The van der Waals surface area contributed by atoms with Gasteiger partial charge in [0.1, 0.15) is 0 Å². The van der Waals surface area contributed by atoms with Crippen LogP contribution < -0.4 is 5.32 Å². The largest absolute Gasteiger partial charge is 0.321 e. The number of halogens is 2. The van der Waals surface area contributed by atoms with Gasteiger partial charge in [-0.15, -0.1) is 0 Å². The lowest BCUT2D eigenvalue weighted by Gasteiger charge is -2.09. The van der Waals surface area contributed by atoms with Crippen LogP contribution in [0.5, 0.6) is 0 Å². The van der Waals surface area contributed by atoms with E-state index >= 15 is 0 Å². The number of amides is 1. The van der Waals surface area contributed by atoms with Gasteiger partial charge >= 0.3 is 0 Å². The molecule has 0 radical (unpaired) electrons. The Labute approximate surface area is 122 Å². The van der Waals surface area contributed by atoms with Crippen LogP contribution in [0.25, 0.3) is 0 Å². The molecule has 1 N–H and O–H groups in total. The number of hydrogen-bond donors (Lipinski definition) is 1. The number of benzene rings is 1. The summed E-state index contributed by atoms with van der Waals surface area (Å²) in [5, 5.41) is 2.85. The first-order chi connectivity index (χ1) is 8.58. The van der Waals surface area contributed by atoms with Crippen LogP contribution in [0.2, 0.25) is 0 Å². The van der Waals surface area contributed by atoms with Crippen LogP contribution in [0.3, 0.4) is 0 Å². The first-order valence-electron chi connectivity index (χ1n) is 5.25. The van der Waals surface area contributed by atoms with Crippen LogP contribution in [0, 0.1) is 6.92 Å². The van der Waals surface area contributed by atoms with Crippen molar-refractivity contribution in [3.05, 3.63) is 56.7 Å². The fourth-order valence-corrected chi connectivity index (χ4v) is 2.22. The lowest BCUT2D eigenvalue weighted by Crippen LogP contribution is -2.13. The summed E-state index contributed by atoms with van der Waals surface area (Å²) < 4.78 is 1.64. The molecule has 0 aliphatic heterocycles. The molecule has 0 fully saturated rings. The van der Waals surface area contributed by atoms with E-state index in [1.54, 1.807) is 24.5 Å². The highest BCUT2D eigenvalue weighted by Crippen LogP contribution is 2.22. The van der Waals surface area contributed by atoms with Gasteiger partial charge in [0.15, 0.2) is 0 Å². The lowest BCUT2D eigenvalue weighted by molar-refractivity contribution is 0.102. The van der Waals surface area contributed by atoms with Crippen molar-refractivity contribution in [3.63, 3.8) is 0 Å². The fraction of sp³-hybridized carbons (Fsp3) is 0.0769. The number of carbonyl (C=O) groups is 1. The van der Waals surface area contributed by atoms with Crippen molar-refractivity contribution in [1.82, 2.24) is 4.98 Å². The van der Waals surface area contributed by atoms with E-state index in [0.717, 1.165) is 14.5 Å². The van der Waals surface area contributed by atoms with Gasteiger partial charge in [0.2, 0.25) is 0 Å². The lowest BCUT2D eigenvalue weighted by atomic mass is 10.1. The second-order valence-electron chi connectivity index (χ2n) is 3.77. The fourth-order valence-electron chi connectivity index (χ4n) is 1.51. The molecule has 1 aromatic heterocycles. The summed E-state index contributed by atoms with van der Waals surface area (Å²) in [6.45, 7) is 1.91. The maximum Gasteiger partial charge on any atom is 0.256 e. The number of carbonyl (C=O) groups excluding carboxylic acids is 1. The van der Waals surface area contributed by atoms with E-state index in [4.69, 9.17) is 0 Å². The summed E-state index contributed by atoms with van der Waals surface area (Å²) in [5.41, 5.74) is 2.28. The molecule has 0 spiro atoms. The van der Waals surface area contributed by atoms with E-state index in [1.807, 2.05) is 19.1 Å². The molecular weight excluding hydrogens is 360 g/mol. The van der Waals surface area contributed by atoms with Gasteiger partial charge in [-0.2, -0.15) is 0 Å². The van der Waals surface area contributed by atoms with Gasteiger partial charge in [0, 0.05) is 22.4 Å². The predicted molar refractivity (Wildman–Crippen MR) is 78.8 cm³/mol. The van der Waals surface area contributed by atoms with Crippen molar-refractivity contribution in [2.45, 2.75) is 6.92 Å². The van der Waals surface area contributed by atoms with Crippen LogP contribution in [0.1, 0.15) is 15.9 Å². The molecule has 0 saturated heterocycles. The highest BCUT2D eigenvalue weighted by molar-refractivity contribution is 9.10. The van der Waals surface area contributed by atoms with Crippen molar-refractivity contribution in [3.8, 4) is 0 Å². The normalized spacial score (nSPS) is 10.2. The van der Waals surface area contributed by atoms with Crippen LogP contribution in [-0.2, 0) is 0 Å². The summed E-state index contributed by atoms with van der Waals surface area (Å²) in [4.78, 5) is 16.1. The third kappa shape index (κ3) is 2.97. The molecule has 1 amide bonds. The first-order valence-corrected chi connectivity index (χ1v) is 6.83. The van der Waals surface area contributed by atoms with Gasteiger partial charge in [-0.05, 0) is 46.6 Å². The molecule has 18 heavy (non-hydrogen) atoms. The third-order valence-electron chi connectivity index (χ3n) is 2.46. The highest BCUT2D eigenvalue weighted by Gasteiger charge is 2.11. The monoisotopic (exact) mass is 368 g/mol. The topological polar surface area (TPSA) is 42.0 Å². The van der Waals surface area contributed by atoms with E-state index in [0.29, 0.717) is 11.3 Å². The van der Waals surface area contributed by atoms with Crippen molar-refractivity contribution in [2.24, 2.45) is 0 Å². The standard InChI is InChI=1S/C13H10Br2N2O/c1-8-2-3-9(14)6-10(8)13(18)17-12-4-5-16-7-11(12)15/h2-7H,1H3,(H,16,17,18). The Morgan fingerprint density at radius 2 is 2.06 bits per heavy atom. The van der Waals surface area contributed by atoms with Gasteiger partial charge in [-0.3, -0.25) is 9.78 Å². The van der Waals surface area contributed by atoms with E-state index in [-0.39, 0.29) is 5.91 Å². The minimum atomic E-state index is -0.138. The van der Waals surface area contributed by atoms with E-state index in [9.17, 15) is 4.79 Å². The number of rotatable bonds is 2. The average Bonchev–Trinajstić information content (AvgIpc) is 2.35. The Kier molecular flexibility index (Phi) is 4.14. The van der Waals surface area contributed by atoms with E-state index < -0.39 is 0 Å². The number of hydrogen-bond acceptors (Lipinski definition) is 2.